The Labute approximate surface area is 145 Å². The molecule has 2 aromatic carbocycles. The van der Waals surface area contributed by atoms with Crippen molar-refractivity contribution in [1.82, 2.24) is 5.32 Å². The van der Waals surface area contributed by atoms with Crippen LogP contribution in [-0.4, -0.2) is 24.5 Å². The van der Waals surface area contributed by atoms with Gasteiger partial charge >= 0.3 is 6.03 Å². The number of rotatable bonds is 3. The average Bonchev–Trinajstić information content (AvgIpc) is 2.89. The quantitative estimate of drug-likeness (QED) is 0.899. The summed E-state index contributed by atoms with van der Waals surface area (Å²) in [5.74, 6) is -0.500. The van der Waals surface area contributed by atoms with E-state index in [9.17, 15) is 14.0 Å². The monoisotopic (exact) mass is 341 g/mol. The fourth-order valence-electron chi connectivity index (χ4n) is 3.04. The van der Waals surface area contributed by atoms with Gasteiger partial charge in [-0.2, -0.15) is 0 Å². The summed E-state index contributed by atoms with van der Waals surface area (Å²) in [6.45, 7) is 4.54. The first-order chi connectivity index (χ1) is 11.9. The number of halogens is 1. The molecule has 0 saturated carbocycles. The Morgan fingerprint density at radius 1 is 1.12 bits per heavy atom. The topological polar surface area (TPSA) is 61.4 Å². The Balaban J connectivity index is 1.63. The number of hydrogen-bond donors (Lipinski definition) is 2. The van der Waals surface area contributed by atoms with Crippen LogP contribution in [0.25, 0.3) is 0 Å². The van der Waals surface area contributed by atoms with Crippen LogP contribution in [0.3, 0.4) is 0 Å². The van der Waals surface area contributed by atoms with Gasteiger partial charge in [-0.25, -0.2) is 9.18 Å². The van der Waals surface area contributed by atoms with Crippen LogP contribution in [-0.2, 0) is 4.79 Å². The zero-order valence-corrected chi connectivity index (χ0v) is 14.2. The number of carbonyl (C=O) groups excluding carboxylic acids is 2. The molecule has 0 aliphatic carbocycles. The first kappa shape index (κ1) is 17.0. The first-order valence-electron chi connectivity index (χ1n) is 8.15. The molecule has 1 atom stereocenters. The smallest absolute Gasteiger partial charge is 0.319 e. The summed E-state index contributed by atoms with van der Waals surface area (Å²) in [6, 6.07) is 10.4. The molecule has 1 saturated heterocycles. The molecule has 1 fully saturated rings. The predicted octanol–water partition coefficient (Wildman–Crippen LogP) is 3.37. The second-order valence-electron chi connectivity index (χ2n) is 6.28. The molecule has 2 N–H and O–H groups in total. The van der Waals surface area contributed by atoms with E-state index in [-0.39, 0.29) is 11.7 Å². The van der Waals surface area contributed by atoms with E-state index in [0.717, 1.165) is 16.8 Å². The molecule has 0 spiro atoms. The molecular weight excluding hydrogens is 321 g/mol. The predicted molar refractivity (Wildman–Crippen MR) is 95.2 cm³/mol. The lowest BCUT2D eigenvalue weighted by atomic mass is 10.1. The fraction of sp³-hybridized carbons (Fsp3) is 0.263. The van der Waals surface area contributed by atoms with E-state index in [4.69, 9.17) is 0 Å². The second kappa shape index (κ2) is 6.93. The molecule has 1 unspecified atom stereocenters. The lowest BCUT2D eigenvalue weighted by Gasteiger charge is -2.18. The summed E-state index contributed by atoms with van der Waals surface area (Å²) in [5.41, 5.74) is 3.50. The minimum absolute atomic E-state index is 0.126. The van der Waals surface area contributed by atoms with Gasteiger partial charge in [0.1, 0.15) is 11.9 Å². The summed E-state index contributed by atoms with van der Waals surface area (Å²) < 4.78 is 12.9. The number of anilines is 2. The number of hydrogen-bond acceptors (Lipinski definition) is 2. The van der Waals surface area contributed by atoms with Crippen LogP contribution >= 0.6 is 0 Å². The standard InChI is InChI=1S/C19H20FN3O2/c1-12-9-13(2)11-16(10-12)23-8-7-17(18(23)24)22-19(25)21-15-5-3-14(20)4-6-15/h3-6,9-11,17H,7-8H2,1-2H3,(H2,21,22,25). The maximum atomic E-state index is 12.9. The third-order valence-corrected chi connectivity index (χ3v) is 4.13. The van der Waals surface area contributed by atoms with Crippen LogP contribution in [0, 0.1) is 19.7 Å². The van der Waals surface area contributed by atoms with Gasteiger partial charge in [0, 0.05) is 17.9 Å². The molecule has 3 rings (SSSR count). The van der Waals surface area contributed by atoms with E-state index in [1.807, 2.05) is 26.0 Å². The molecule has 0 radical (unpaired) electrons. The molecular formula is C19H20FN3O2. The Morgan fingerprint density at radius 2 is 1.76 bits per heavy atom. The van der Waals surface area contributed by atoms with Crippen LogP contribution in [0.15, 0.2) is 42.5 Å². The van der Waals surface area contributed by atoms with Gasteiger partial charge in [-0.15, -0.1) is 0 Å². The van der Waals surface area contributed by atoms with E-state index in [1.165, 1.54) is 24.3 Å². The maximum Gasteiger partial charge on any atom is 0.319 e. The summed E-state index contributed by atoms with van der Waals surface area (Å²) in [6.07, 6.45) is 0.544. The van der Waals surface area contributed by atoms with E-state index in [0.29, 0.717) is 18.7 Å². The average molecular weight is 341 g/mol. The van der Waals surface area contributed by atoms with E-state index in [1.54, 1.807) is 4.90 Å². The zero-order valence-electron chi connectivity index (χ0n) is 14.2. The van der Waals surface area contributed by atoms with Gasteiger partial charge in [0.25, 0.3) is 0 Å². The van der Waals surface area contributed by atoms with Crippen LogP contribution in [0.1, 0.15) is 17.5 Å². The molecule has 6 heteroatoms. The number of nitrogens with zero attached hydrogens (tertiary/aromatic N) is 1. The van der Waals surface area contributed by atoms with Crippen molar-refractivity contribution in [2.75, 3.05) is 16.8 Å². The lowest BCUT2D eigenvalue weighted by Crippen LogP contribution is -2.43. The van der Waals surface area contributed by atoms with Crippen molar-refractivity contribution in [2.45, 2.75) is 26.3 Å². The number of benzene rings is 2. The van der Waals surface area contributed by atoms with Crippen molar-refractivity contribution in [2.24, 2.45) is 0 Å². The van der Waals surface area contributed by atoms with E-state index < -0.39 is 12.1 Å². The molecule has 1 heterocycles. The van der Waals surface area contributed by atoms with Crippen LogP contribution in [0.4, 0.5) is 20.6 Å². The van der Waals surface area contributed by atoms with Crippen molar-refractivity contribution in [3.8, 4) is 0 Å². The molecule has 1 aliphatic heterocycles. The van der Waals surface area contributed by atoms with Gasteiger partial charge in [-0.3, -0.25) is 4.79 Å². The normalized spacial score (nSPS) is 16.8. The van der Waals surface area contributed by atoms with Gasteiger partial charge in [-0.1, -0.05) is 6.07 Å². The van der Waals surface area contributed by atoms with Gasteiger partial charge in [0.2, 0.25) is 5.91 Å². The molecule has 1 aliphatic rings. The highest BCUT2D eigenvalue weighted by Crippen LogP contribution is 2.24. The maximum absolute atomic E-state index is 12.9. The van der Waals surface area contributed by atoms with Crippen LogP contribution < -0.4 is 15.5 Å². The Bertz CT molecular complexity index is 785. The molecule has 0 bridgehead atoms. The van der Waals surface area contributed by atoms with E-state index in [2.05, 4.69) is 16.7 Å². The summed E-state index contributed by atoms with van der Waals surface area (Å²) in [7, 11) is 0. The highest BCUT2D eigenvalue weighted by molar-refractivity contribution is 6.02. The number of aryl methyl sites for hydroxylation is 2. The third kappa shape index (κ3) is 3.96. The molecule has 3 amide bonds. The van der Waals surface area contributed by atoms with Crippen molar-refractivity contribution < 1.29 is 14.0 Å². The van der Waals surface area contributed by atoms with Gasteiger partial charge < -0.3 is 15.5 Å². The SMILES string of the molecule is Cc1cc(C)cc(N2CCC(NC(=O)Nc3ccc(F)cc3)C2=O)c1. The molecule has 130 valence electrons. The van der Waals surface area contributed by atoms with Crippen LogP contribution in [0.5, 0.6) is 0 Å². The van der Waals surface area contributed by atoms with Crippen molar-refractivity contribution in [1.29, 1.82) is 0 Å². The largest absolute Gasteiger partial charge is 0.326 e. The number of carbonyl (C=O) groups is 2. The van der Waals surface area contributed by atoms with E-state index >= 15 is 0 Å². The van der Waals surface area contributed by atoms with Crippen molar-refractivity contribution in [3.05, 3.63) is 59.4 Å². The Morgan fingerprint density at radius 3 is 2.40 bits per heavy atom. The van der Waals surface area contributed by atoms with Gasteiger partial charge in [-0.05, 0) is 67.8 Å². The highest BCUT2D eigenvalue weighted by atomic mass is 19.1. The number of amides is 3. The molecule has 5 nitrogen and oxygen atoms in total. The number of urea groups is 1. The minimum Gasteiger partial charge on any atom is -0.326 e. The van der Waals surface area contributed by atoms with Crippen molar-refractivity contribution >= 4 is 23.3 Å². The zero-order chi connectivity index (χ0) is 18.0. The molecule has 25 heavy (non-hydrogen) atoms. The molecule has 0 aromatic heterocycles. The van der Waals surface area contributed by atoms with Gasteiger partial charge in [0.05, 0.1) is 0 Å². The first-order valence-corrected chi connectivity index (χ1v) is 8.15. The Kier molecular flexibility index (Phi) is 4.70. The minimum atomic E-state index is -0.568. The second-order valence-corrected chi connectivity index (χ2v) is 6.28. The summed E-state index contributed by atoms with van der Waals surface area (Å²) in [4.78, 5) is 26.4. The van der Waals surface area contributed by atoms with Crippen molar-refractivity contribution in [3.63, 3.8) is 0 Å². The summed E-state index contributed by atoms with van der Waals surface area (Å²) >= 11 is 0. The highest BCUT2D eigenvalue weighted by Gasteiger charge is 2.33. The third-order valence-electron chi connectivity index (χ3n) is 4.13. The van der Waals surface area contributed by atoms with Crippen LogP contribution in [0.2, 0.25) is 0 Å². The molecule has 2 aromatic rings. The lowest BCUT2D eigenvalue weighted by molar-refractivity contribution is -0.118. The Hall–Kier alpha value is -2.89. The fourth-order valence-corrected chi connectivity index (χ4v) is 3.04. The number of nitrogens with one attached hydrogen (secondary N) is 2. The summed E-state index contributed by atoms with van der Waals surface area (Å²) in [5, 5.41) is 5.29. The van der Waals surface area contributed by atoms with Gasteiger partial charge in [0.15, 0.2) is 0 Å².